The van der Waals surface area contributed by atoms with Gasteiger partial charge in [-0.2, -0.15) is 0 Å². The summed E-state index contributed by atoms with van der Waals surface area (Å²) in [5, 5.41) is 4.72. The van der Waals surface area contributed by atoms with Gasteiger partial charge in [-0.1, -0.05) is 42.1 Å². The predicted octanol–water partition coefficient (Wildman–Crippen LogP) is 2.38. The van der Waals surface area contributed by atoms with Gasteiger partial charge < -0.3 is 10.2 Å². The number of benzene rings is 1. The highest BCUT2D eigenvalue weighted by molar-refractivity contribution is 8.13. The molecule has 2 aliphatic rings. The number of hydrogen-bond acceptors (Lipinski definition) is 4. The Morgan fingerprint density at radius 3 is 2.95 bits per heavy atom. The van der Waals surface area contributed by atoms with Crippen molar-refractivity contribution in [3.63, 3.8) is 0 Å². The molecule has 3 rings (SSSR count). The molecule has 0 bridgehead atoms. The zero-order valence-electron chi connectivity index (χ0n) is 12.1. The van der Waals surface area contributed by atoms with Crippen LogP contribution in [0.15, 0.2) is 35.3 Å². The highest BCUT2D eigenvalue weighted by Gasteiger charge is 2.23. The molecule has 0 radical (unpaired) electrons. The minimum atomic E-state index is 0.473. The molecule has 4 heteroatoms. The molecule has 0 amide bonds. The Hall–Kier alpha value is -1.00. The molecule has 2 aliphatic heterocycles. The third-order valence-electron chi connectivity index (χ3n) is 4.19. The summed E-state index contributed by atoms with van der Waals surface area (Å²) >= 11 is 1.90. The van der Waals surface area contributed by atoms with E-state index in [0.717, 1.165) is 24.2 Å². The van der Waals surface area contributed by atoms with Crippen molar-refractivity contribution in [2.24, 2.45) is 4.99 Å². The van der Waals surface area contributed by atoms with Crippen LogP contribution in [0.2, 0.25) is 0 Å². The van der Waals surface area contributed by atoms with E-state index in [1.807, 2.05) is 11.8 Å². The summed E-state index contributed by atoms with van der Waals surface area (Å²) in [5.41, 5.74) is 1.39. The van der Waals surface area contributed by atoms with Gasteiger partial charge in [0.1, 0.15) is 0 Å². The summed E-state index contributed by atoms with van der Waals surface area (Å²) in [5.74, 6) is 1.17. The summed E-state index contributed by atoms with van der Waals surface area (Å²) in [6.45, 7) is 2.17. The van der Waals surface area contributed by atoms with E-state index in [1.54, 1.807) is 0 Å². The minimum Gasteiger partial charge on any atom is -0.360 e. The van der Waals surface area contributed by atoms with Crippen molar-refractivity contribution in [3.8, 4) is 0 Å². The van der Waals surface area contributed by atoms with Crippen LogP contribution in [0.3, 0.4) is 0 Å². The zero-order valence-corrected chi connectivity index (χ0v) is 12.9. The van der Waals surface area contributed by atoms with Crippen molar-refractivity contribution in [2.45, 2.75) is 31.3 Å². The van der Waals surface area contributed by atoms with E-state index in [4.69, 9.17) is 0 Å². The molecule has 1 fully saturated rings. The molecule has 3 nitrogen and oxygen atoms in total. The Kier molecular flexibility index (Phi) is 4.63. The first-order valence-corrected chi connectivity index (χ1v) is 8.48. The van der Waals surface area contributed by atoms with Crippen LogP contribution in [0.1, 0.15) is 18.4 Å². The maximum Gasteiger partial charge on any atom is 0.156 e. The van der Waals surface area contributed by atoms with Gasteiger partial charge in [0.2, 0.25) is 0 Å². The Balaban J connectivity index is 1.42. The standard InChI is InChI=1S/C16H23N3S/c1-19-9-5-8-15(19)12-20-16-17-11-14(18-16)10-13-6-3-2-4-7-13/h2-4,6-7,14-15H,5,8-12H2,1H3,(H,17,18). The molecule has 0 spiro atoms. The van der Waals surface area contributed by atoms with E-state index in [1.165, 1.54) is 30.7 Å². The Morgan fingerprint density at radius 1 is 1.35 bits per heavy atom. The number of hydrogen-bond donors (Lipinski definition) is 1. The van der Waals surface area contributed by atoms with E-state index >= 15 is 0 Å². The van der Waals surface area contributed by atoms with Crippen molar-refractivity contribution in [1.82, 2.24) is 10.2 Å². The van der Waals surface area contributed by atoms with E-state index < -0.39 is 0 Å². The third-order valence-corrected chi connectivity index (χ3v) is 5.26. The quantitative estimate of drug-likeness (QED) is 0.922. The largest absolute Gasteiger partial charge is 0.360 e. The molecule has 0 saturated carbocycles. The topological polar surface area (TPSA) is 27.6 Å². The van der Waals surface area contributed by atoms with Gasteiger partial charge in [0.05, 0.1) is 12.6 Å². The maximum absolute atomic E-state index is 4.65. The minimum absolute atomic E-state index is 0.473. The van der Waals surface area contributed by atoms with Gasteiger partial charge in [0.15, 0.2) is 5.17 Å². The van der Waals surface area contributed by atoms with Crippen LogP contribution in [0.25, 0.3) is 0 Å². The van der Waals surface area contributed by atoms with Gasteiger partial charge in [-0.3, -0.25) is 4.99 Å². The highest BCUT2D eigenvalue weighted by Crippen LogP contribution is 2.21. The van der Waals surface area contributed by atoms with Crippen molar-refractivity contribution in [2.75, 3.05) is 25.9 Å². The van der Waals surface area contributed by atoms with Crippen molar-refractivity contribution in [3.05, 3.63) is 35.9 Å². The second-order valence-corrected chi connectivity index (χ2v) is 6.77. The first kappa shape index (κ1) is 14.0. The Morgan fingerprint density at radius 2 is 2.20 bits per heavy atom. The summed E-state index contributed by atoms with van der Waals surface area (Å²) in [7, 11) is 2.24. The molecular weight excluding hydrogens is 266 g/mol. The average molecular weight is 289 g/mol. The number of thioether (sulfide) groups is 1. The van der Waals surface area contributed by atoms with Crippen LogP contribution < -0.4 is 5.32 Å². The Labute approximate surface area is 125 Å². The van der Waals surface area contributed by atoms with Crippen LogP contribution in [-0.2, 0) is 6.42 Å². The number of nitrogens with one attached hydrogen (secondary N) is 1. The molecule has 1 saturated heterocycles. The van der Waals surface area contributed by atoms with E-state index in [0.29, 0.717) is 6.04 Å². The SMILES string of the molecule is CN1CCCC1CSC1=NCC(Cc2ccccc2)N1. The molecule has 108 valence electrons. The molecular formula is C16H23N3S. The Bertz CT molecular complexity index is 460. The van der Waals surface area contributed by atoms with Crippen LogP contribution >= 0.6 is 11.8 Å². The molecule has 0 aromatic heterocycles. The van der Waals surface area contributed by atoms with Gasteiger partial charge in [-0.05, 0) is 38.4 Å². The lowest BCUT2D eigenvalue weighted by Gasteiger charge is -2.19. The smallest absolute Gasteiger partial charge is 0.156 e. The van der Waals surface area contributed by atoms with Crippen LogP contribution in [0, 0.1) is 0 Å². The van der Waals surface area contributed by atoms with Gasteiger partial charge in [-0.15, -0.1) is 0 Å². The molecule has 1 aromatic carbocycles. The number of likely N-dealkylation sites (tertiary alicyclic amines) is 1. The average Bonchev–Trinajstić information content (AvgIpc) is 3.07. The normalized spacial score (nSPS) is 26.6. The lowest BCUT2D eigenvalue weighted by molar-refractivity contribution is 0.335. The second-order valence-electron chi connectivity index (χ2n) is 5.76. The molecule has 2 atom stereocenters. The fraction of sp³-hybridized carbons (Fsp3) is 0.562. The van der Waals surface area contributed by atoms with E-state index in [2.05, 4.69) is 52.6 Å². The summed E-state index contributed by atoms with van der Waals surface area (Å²) in [6, 6.07) is 11.9. The second kappa shape index (κ2) is 6.64. The molecule has 20 heavy (non-hydrogen) atoms. The summed E-state index contributed by atoms with van der Waals surface area (Å²) in [6.07, 6.45) is 3.75. The summed E-state index contributed by atoms with van der Waals surface area (Å²) in [4.78, 5) is 7.13. The number of nitrogens with zero attached hydrogens (tertiary/aromatic N) is 2. The van der Waals surface area contributed by atoms with Gasteiger partial charge >= 0.3 is 0 Å². The van der Waals surface area contributed by atoms with Gasteiger partial charge in [0, 0.05) is 11.8 Å². The molecule has 1 aromatic rings. The van der Waals surface area contributed by atoms with Crippen molar-refractivity contribution in [1.29, 1.82) is 0 Å². The van der Waals surface area contributed by atoms with Crippen molar-refractivity contribution >= 4 is 16.9 Å². The van der Waals surface area contributed by atoms with Gasteiger partial charge in [0.25, 0.3) is 0 Å². The highest BCUT2D eigenvalue weighted by atomic mass is 32.2. The van der Waals surface area contributed by atoms with E-state index in [9.17, 15) is 0 Å². The number of amidine groups is 1. The van der Waals surface area contributed by atoms with E-state index in [-0.39, 0.29) is 0 Å². The lowest BCUT2D eigenvalue weighted by atomic mass is 10.1. The molecule has 1 N–H and O–H groups in total. The lowest BCUT2D eigenvalue weighted by Crippen LogP contribution is -2.32. The summed E-state index contributed by atoms with van der Waals surface area (Å²) < 4.78 is 0. The first-order chi connectivity index (χ1) is 9.81. The molecule has 2 heterocycles. The third kappa shape index (κ3) is 3.55. The maximum atomic E-state index is 4.65. The number of rotatable bonds is 4. The monoisotopic (exact) mass is 289 g/mol. The van der Waals surface area contributed by atoms with Crippen molar-refractivity contribution < 1.29 is 0 Å². The van der Waals surface area contributed by atoms with Crippen LogP contribution in [0.4, 0.5) is 0 Å². The van der Waals surface area contributed by atoms with Crippen LogP contribution in [-0.4, -0.2) is 48.0 Å². The number of aliphatic imine (C=N–C) groups is 1. The first-order valence-electron chi connectivity index (χ1n) is 7.49. The molecule has 2 unspecified atom stereocenters. The predicted molar refractivity (Wildman–Crippen MR) is 87.5 cm³/mol. The fourth-order valence-electron chi connectivity index (χ4n) is 2.93. The van der Waals surface area contributed by atoms with Gasteiger partial charge in [-0.25, -0.2) is 0 Å². The van der Waals surface area contributed by atoms with Crippen LogP contribution in [0.5, 0.6) is 0 Å². The molecule has 0 aliphatic carbocycles. The fourth-order valence-corrected chi connectivity index (χ4v) is 4.11. The zero-order chi connectivity index (χ0) is 13.8.